The number of benzene rings is 1. The Balaban J connectivity index is 1.92. The van der Waals surface area contributed by atoms with E-state index in [0.29, 0.717) is 28.5 Å². The predicted octanol–water partition coefficient (Wildman–Crippen LogP) is 3.93. The summed E-state index contributed by atoms with van der Waals surface area (Å²) in [5.41, 5.74) is 0.733. The normalized spacial score (nSPS) is 11.9. The molecule has 0 atom stereocenters. The van der Waals surface area contributed by atoms with Gasteiger partial charge in [-0.1, -0.05) is 19.1 Å². The van der Waals surface area contributed by atoms with Gasteiger partial charge in [-0.15, -0.1) is 11.3 Å². The first-order valence-electron chi connectivity index (χ1n) is 8.39. The standard InChI is InChI=1S/C18H18F3N3O2S/c1-2-7-23(8-9-25)16(26)15-11-27-17-22-14(10-24(15)17)12-3-5-13(6-4-12)18(19,20)21/h3-6,10-11,25H,2,7-9H2,1H3. The Morgan fingerprint density at radius 3 is 2.56 bits per heavy atom. The minimum atomic E-state index is -4.39. The molecule has 2 heterocycles. The number of imidazole rings is 1. The van der Waals surface area contributed by atoms with Gasteiger partial charge in [-0.25, -0.2) is 4.98 Å². The molecule has 0 saturated carbocycles. The lowest BCUT2D eigenvalue weighted by Crippen LogP contribution is -2.34. The number of aromatic nitrogens is 2. The lowest BCUT2D eigenvalue weighted by atomic mass is 10.1. The Labute approximate surface area is 157 Å². The van der Waals surface area contributed by atoms with Crippen LogP contribution in [0.2, 0.25) is 0 Å². The van der Waals surface area contributed by atoms with E-state index in [0.717, 1.165) is 18.6 Å². The largest absolute Gasteiger partial charge is 0.416 e. The first-order chi connectivity index (χ1) is 12.8. The Bertz CT molecular complexity index is 926. The molecule has 0 fully saturated rings. The van der Waals surface area contributed by atoms with Crippen LogP contribution in [-0.2, 0) is 6.18 Å². The van der Waals surface area contributed by atoms with Crippen molar-refractivity contribution in [3.63, 3.8) is 0 Å². The van der Waals surface area contributed by atoms with Crippen LogP contribution in [0.15, 0.2) is 35.8 Å². The van der Waals surface area contributed by atoms with Gasteiger partial charge in [-0.05, 0) is 18.6 Å². The van der Waals surface area contributed by atoms with Crippen molar-refractivity contribution in [1.29, 1.82) is 0 Å². The van der Waals surface area contributed by atoms with Crippen LogP contribution in [0.3, 0.4) is 0 Å². The molecule has 0 spiro atoms. The van der Waals surface area contributed by atoms with E-state index in [1.54, 1.807) is 20.9 Å². The zero-order valence-corrected chi connectivity index (χ0v) is 15.3. The highest BCUT2D eigenvalue weighted by Gasteiger charge is 2.30. The van der Waals surface area contributed by atoms with Gasteiger partial charge in [0.1, 0.15) is 5.69 Å². The van der Waals surface area contributed by atoms with Crippen molar-refractivity contribution in [2.45, 2.75) is 19.5 Å². The molecule has 0 bridgehead atoms. The van der Waals surface area contributed by atoms with Gasteiger partial charge in [0.2, 0.25) is 0 Å². The molecular formula is C18H18F3N3O2S. The van der Waals surface area contributed by atoms with E-state index < -0.39 is 11.7 Å². The maximum atomic E-state index is 12.7. The van der Waals surface area contributed by atoms with Crippen LogP contribution >= 0.6 is 11.3 Å². The second-order valence-corrected chi connectivity index (χ2v) is 6.83. The molecule has 0 radical (unpaired) electrons. The molecule has 0 saturated heterocycles. The number of carbonyl (C=O) groups excluding carboxylic acids is 1. The van der Waals surface area contributed by atoms with Gasteiger partial charge in [-0.3, -0.25) is 9.20 Å². The summed E-state index contributed by atoms with van der Waals surface area (Å²) in [7, 11) is 0. The molecule has 5 nitrogen and oxygen atoms in total. The fourth-order valence-electron chi connectivity index (χ4n) is 2.77. The Hall–Kier alpha value is -2.39. The molecule has 3 aromatic rings. The average Bonchev–Trinajstić information content (AvgIpc) is 3.21. The van der Waals surface area contributed by atoms with E-state index in [1.807, 2.05) is 6.92 Å². The number of hydrogen-bond acceptors (Lipinski definition) is 4. The quantitative estimate of drug-likeness (QED) is 0.686. The van der Waals surface area contributed by atoms with Gasteiger partial charge >= 0.3 is 6.18 Å². The molecular weight excluding hydrogens is 379 g/mol. The third kappa shape index (κ3) is 3.98. The van der Waals surface area contributed by atoms with Crippen LogP contribution in [0.5, 0.6) is 0 Å². The van der Waals surface area contributed by atoms with Crippen molar-refractivity contribution >= 4 is 22.2 Å². The molecule has 1 N–H and O–H groups in total. The van der Waals surface area contributed by atoms with Crippen molar-refractivity contribution in [1.82, 2.24) is 14.3 Å². The maximum absolute atomic E-state index is 12.7. The molecule has 1 amide bonds. The third-order valence-electron chi connectivity index (χ3n) is 4.09. The average molecular weight is 397 g/mol. The fraction of sp³-hybridized carbons (Fsp3) is 0.333. The Morgan fingerprint density at radius 1 is 1.26 bits per heavy atom. The molecule has 3 rings (SSSR count). The zero-order chi connectivity index (χ0) is 19.6. The molecule has 0 unspecified atom stereocenters. The number of halogens is 3. The second kappa shape index (κ2) is 7.69. The Morgan fingerprint density at radius 2 is 1.96 bits per heavy atom. The molecule has 27 heavy (non-hydrogen) atoms. The molecule has 0 aliphatic rings. The molecule has 144 valence electrons. The smallest absolute Gasteiger partial charge is 0.395 e. The summed E-state index contributed by atoms with van der Waals surface area (Å²) < 4.78 is 39.8. The summed E-state index contributed by atoms with van der Waals surface area (Å²) in [6.45, 7) is 2.59. The van der Waals surface area contributed by atoms with Gasteiger partial charge in [0.25, 0.3) is 5.91 Å². The lowest BCUT2D eigenvalue weighted by molar-refractivity contribution is -0.137. The highest BCUT2D eigenvalue weighted by molar-refractivity contribution is 7.15. The zero-order valence-electron chi connectivity index (χ0n) is 14.5. The van der Waals surface area contributed by atoms with Crippen LogP contribution in [0.4, 0.5) is 13.2 Å². The number of aliphatic hydroxyl groups is 1. The highest BCUT2D eigenvalue weighted by atomic mass is 32.1. The summed E-state index contributed by atoms with van der Waals surface area (Å²) >= 11 is 1.28. The number of carbonyl (C=O) groups is 1. The molecule has 1 aromatic carbocycles. The van der Waals surface area contributed by atoms with E-state index >= 15 is 0 Å². The topological polar surface area (TPSA) is 57.8 Å². The Kier molecular flexibility index (Phi) is 5.52. The number of hydrogen-bond donors (Lipinski definition) is 1. The first-order valence-corrected chi connectivity index (χ1v) is 9.27. The summed E-state index contributed by atoms with van der Waals surface area (Å²) in [4.78, 5) is 19.3. The van der Waals surface area contributed by atoms with Crippen molar-refractivity contribution in [3.8, 4) is 11.3 Å². The number of amides is 1. The monoisotopic (exact) mass is 397 g/mol. The number of alkyl halides is 3. The van der Waals surface area contributed by atoms with Crippen molar-refractivity contribution < 1.29 is 23.1 Å². The minimum Gasteiger partial charge on any atom is -0.395 e. The number of thiazole rings is 1. The third-order valence-corrected chi connectivity index (χ3v) is 4.93. The fourth-order valence-corrected chi connectivity index (χ4v) is 3.62. The highest BCUT2D eigenvalue weighted by Crippen LogP contribution is 2.31. The second-order valence-electron chi connectivity index (χ2n) is 5.99. The molecule has 0 aliphatic carbocycles. The van der Waals surface area contributed by atoms with E-state index in [-0.39, 0.29) is 19.1 Å². The molecule has 9 heteroatoms. The number of rotatable bonds is 6. The first kappa shape index (κ1) is 19.4. The van der Waals surface area contributed by atoms with Crippen LogP contribution in [0.1, 0.15) is 29.4 Å². The van der Waals surface area contributed by atoms with Gasteiger partial charge in [0.15, 0.2) is 4.96 Å². The molecule has 0 aliphatic heterocycles. The van der Waals surface area contributed by atoms with Crippen molar-refractivity contribution in [2.75, 3.05) is 19.7 Å². The van der Waals surface area contributed by atoms with E-state index in [2.05, 4.69) is 4.98 Å². The predicted molar refractivity (Wildman–Crippen MR) is 96.8 cm³/mol. The van der Waals surface area contributed by atoms with Crippen LogP contribution in [-0.4, -0.2) is 45.0 Å². The van der Waals surface area contributed by atoms with Crippen LogP contribution in [0.25, 0.3) is 16.2 Å². The van der Waals surface area contributed by atoms with Crippen molar-refractivity contribution in [2.24, 2.45) is 0 Å². The number of aliphatic hydroxyl groups excluding tert-OH is 1. The van der Waals surface area contributed by atoms with E-state index in [4.69, 9.17) is 5.11 Å². The summed E-state index contributed by atoms with van der Waals surface area (Å²) in [5, 5.41) is 10.9. The molecule has 2 aromatic heterocycles. The van der Waals surface area contributed by atoms with Gasteiger partial charge in [0, 0.05) is 30.2 Å². The van der Waals surface area contributed by atoms with Crippen LogP contribution < -0.4 is 0 Å². The number of nitrogens with zero attached hydrogens (tertiary/aromatic N) is 3. The van der Waals surface area contributed by atoms with E-state index in [1.165, 1.54) is 23.5 Å². The summed E-state index contributed by atoms with van der Waals surface area (Å²) in [6.07, 6.45) is -1.98. The van der Waals surface area contributed by atoms with E-state index in [9.17, 15) is 18.0 Å². The summed E-state index contributed by atoms with van der Waals surface area (Å²) in [5.74, 6) is -0.214. The van der Waals surface area contributed by atoms with Gasteiger partial charge in [-0.2, -0.15) is 13.2 Å². The minimum absolute atomic E-state index is 0.125. The maximum Gasteiger partial charge on any atom is 0.416 e. The van der Waals surface area contributed by atoms with Crippen LogP contribution in [0, 0.1) is 0 Å². The SMILES string of the molecule is CCCN(CCO)C(=O)c1csc2nc(-c3ccc(C(F)(F)F)cc3)cn12. The van der Waals surface area contributed by atoms with Gasteiger partial charge in [0.05, 0.1) is 17.9 Å². The van der Waals surface area contributed by atoms with Crippen molar-refractivity contribution in [3.05, 3.63) is 47.1 Å². The lowest BCUT2D eigenvalue weighted by Gasteiger charge is -2.20. The number of fused-ring (bicyclic) bond motifs is 1. The van der Waals surface area contributed by atoms with Gasteiger partial charge < -0.3 is 10.0 Å². The summed E-state index contributed by atoms with van der Waals surface area (Å²) in [6, 6.07) is 4.76.